The minimum Gasteiger partial charge on any atom is -0.493 e. The van der Waals surface area contributed by atoms with Gasteiger partial charge in [-0.25, -0.2) is 0 Å². The smallest absolute Gasteiger partial charge is 0.169 e. The average molecular weight is 315 g/mol. The molecule has 1 atom stereocenters. The van der Waals surface area contributed by atoms with E-state index in [1.165, 1.54) is 0 Å². The van der Waals surface area contributed by atoms with Gasteiger partial charge in [0.2, 0.25) is 0 Å². The number of ketones is 1. The number of Topliss-reactive ketones (excluding diaryl/α,β-unsaturated/α-hetero) is 1. The molecule has 18 heavy (non-hydrogen) atoms. The molecule has 5 heteroatoms. The SMILES string of the molecule is COc1cc(Br)c(C(=O)C2CCOC2)cc1OC. The van der Waals surface area contributed by atoms with Crippen LogP contribution in [-0.2, 0) is 4.74 Å². The Labute approximate surface area is 114 Å². The molecule has 0 saturated carbocycles. The summed E-state index contributed by atoms with van der Waals surface area (Å²) in [5.41, 5.74) is 0.614. The summed E-state index contributed by atoms with van der Waals surface area (Å²) >= 11 is 3.40. The van der Waals surface area contributed by atoms with Crippen LogP contribution in [0.5, 0.6) is 11.5 Å². The highest BCUT2D eigenvalue weighted by molar-refractivity contribution is 9.10. The van der Waals surface area contributed by atoms with E-state index in [4.69, 9.17) is 14.2 Å². The third-order valence-corrected chi connectivity index (χ3v) is 3.70. The fourth-order valence-corrected chi connectivity index (χ4v) is 2.52. The van der Waals surface area contributed by atoms with Crippen molar-refractivity contribution in [3.8, 4) is 11.5 Å². The molecule has 0 bridgehead atoms. The normalized spacial score (nSPS) is 18.7. The van der Waals surface area contributed by atoms with Gasteiger partial charge in [-0.2, -0.15) is 0 Å². The van der Waals surface area contributed by atoms with Gasteiger partial charge in [0.25, 0.3) is 0 Å². The highest BCUT2D eigenvalue weighted by Gasteiger charge is 2.27. The first-order valence-corrected chi connectivity index (χ1v) is 6.50. The van der Waals surface area contributed by atoms with Crippen LogP contribution in [0.1, 0.15) is 16.8 Å². The molecule has 0 aromatic heterocycles. The second kappa shape index (κ2) is 5.71. The first-order valence-electron chi connectivity index (χ1n) is 5.71. The van der Waals surface area contributed by atoms with Crippen molar-refractivity contribution in [2.45, 2.75) is 6.42 Å². The fourth-order valence-electron chi connectivity index (χ4n) is 2.00. The molecule has 0 spiro atoms. The second-order valence-corrected chi connectivity index (χ2v) is 4.97. The van der Waals surface area contributed by atoms with Crippen molar-refractivity contribution in [1.29, 1.82) is 0 Å². The molecule has 1 fully saturated rings. The molecule has 0 aliphatic carbocycles. The molecule has 1 aromatic rings. The lowest BCUT2D eigenvalue weighted by atomic mass is 9.97. The van der Waals surface area contributed by atoms with Gasteiger partial charge in [-0.15, -0.1) is 0 Å². The Hall–Kier alpha value is -1.07. The van der Waals surface area contributed by atoms with E-state index in [1.807, 2.05) is 0 Å². The Morgan fingerprint density at radius 2 is 2.00 bits per heavy atom. The quantitative estimate of drug-likeness (QED) is 0.802. The molecule has 0 amide bonds. The summed E-state index contributed by atoms with van der Waals surface area (Å²) < 4.78 is 16.4. The first kappa shape index (κ1) is 13.4. The maximum Gasteiger partial charge on any atom is 0.169 e. The minimum atomic E-state index is -0.0561. The molecule has 2 rings (SSSR count). The minimum absolute atomic E-state index is 0.0561. The maximum absolute atomic E-state index is 12.3. The van der Waals surface area contributed by atoms with Crippen LogP contribution < -0.4 is 9.47 Å². The van der Waals surface area contributed by atoms with Crippen molar-refractivity contribution in [1.82, 2.24) is 0 Å². The first-order chi connectivity index (χ1) is 8.67. The molecular formula is C13H15BrO4. The molecule has 1 heterocycles. The molecular weight excluding hydrogens is 300 g/mol. The number of carbonyl (C=O) groups is 1. The van der Waals surface area contributed by atoms with Gasteiger partial charge >= 0.3 is 0 Å². The number of methoxy groups -OCH3 is 2. The average Bonchev–Trinajstić information content (AvgIpc) is 2.91. The second-order valence-electron chi connectivity index (χ2n) is 4.11. The van der Waals surface area contributed by atoms with Crippen LogP contribution in [0, 0.1) is 5.92 Å². The molecule has 0 radical (unpaired) electrons. The number of rotatable bonds is 4. The van der Waals surface area contributed by atoms with E-state index in [0.29, 0.717) is 30.3 Å². The summed E-state index contributed by atoms with van der Waals surface area (Å²) in [7, 11) is 3.12. The lowest BCUT2D eigenvalue weighted by molar-refractivity contribution is 0.0899. The van der Waals surface area contributed by atoms with E-state index in [1.54, 1.807) is 26.4 Å². The number of halogens is 1. The molecule has 4 nitrogen and oxygen atoms in total. The molecule has 1 saturated heterocycles. The summed E-state index contributed by atoms with van der Waals surface area (Å²) in [5, 5.41) is 0. The zero-order valence-corrected chi connectivity index (χ0v) is 12.0. The van der Waals surface area contributed by atoms with E-state index in [9.17, 15) is 4.79 Å². The fraction of sp³-hybridized carbons (Fsp3) is 0.462. The highest BCUT2D eigenvalue weighted by Crippen LogP contribution is 2.35. The molecule has 98 valence electrons. The maximum atomic E-state index is 12.3. The van der Waals surface area contributed by atoms with Crippen LogP contribution in [0.3, 0.4) is 0 Å². The Morgan fingerprint density at radius 1 is 1.33 bits per heavy atom. The molecule has 1 aliphatic heterocycles. The van der Waals surface area contributed by atoms with E-state index in [2.05, 4.69) is 15.9 Å². The standard InChI is InChI=1S/C13H15BrO4/c1-16-11-5-9(10(14)6-12(11)17-2)13(15)8-3-4-18-7-8/h5-6,8H,3-4,7H2,1-2H3. The van der Waals surface area contributed by atoms with Gasteiger partial charge in [0.1, 0.15) is 0 Å². The van der Waals surface area contributed by atoms with Gasteiger partial charge < -0.3 is 14.2 Å². The lowest BCUT2D eigenvalue weighted by Crippen LogP contribution is -2.15. The van der Waals surface area contributed by atoms with Gasteiger partial charge in [-0.1, -0.05) is 0 Å². The Balaban J connectivity index is 2.34. The van der Waals surface area contributed by atoms with Crippen LogP contribution in [-0.4, -0.2) is 33.2 Å². The zero-order chi connectivity index (χ0) is 13.1. The van der Waals surface area contributed by atoms with Crippen molar-refractivity contribution >= 4 is 21.7 Å². The number of hydrogen-bond donors (Lipinski definition) is 0. The van der Waals surface area contributed by atoms with Crippen molar-refractivity contribution in [2.75, 3.05) is 27.4 Å². The Morgan fingerprint density at radius 3 is 2.56 bits per heavy atom. The third kappa shape index (κ3) is 2.52. The topological polar surface area (TPSA) is 44.8 Å². The van der Waals surface area contributed by atoms with Gasteiger partial charge in [0, 0.05) is 22.6 Å². The summed E-state index contributed by atoms with van der Waals surface area (Å²) in [6.45, 7) is 1.15. The van der Waals surface area contributed by atoms with Crippen molar-refractivity contribution in [2.24, 2.45) is 5.92 Å². The highest BCUT2D eigenvalue weighted by atomic mass is 79.9. The molecule has 1 aromatic carbocycles. The summed E-state index contributed by atoms with van der Waals surface area (Å²) in [6.07, 6.45) is 0.777. The number of benzene rings is 1. The molecule has 1 unspecified atom stereocenters. The van der Waals surface area contributed by atoms with E-state index >= 15 is 0 Å². The van der Waals surface area contributed by atoms with E-state index < -0.39 is 0 Å². The predicted octanol–water partition coefficient (Wildman–Crippen LogP) is 2.69. The number of ether oxygens (including phenoxy) is 3. The molecule has 1 aliphatic rings. The van der Waals surface area contributed by atoms with Crippen LogP contribution >= 0.6 is 15.9 Å². The monoisotopic (exact) mass is 314 g/mol. The number of hydrogen-bond acceptors (Lipinski definition) is 4. The number of carbonyl (C=O) groups excluding carboxylic acids is 1. The summed E-state index contributed by atoms with van der Waals surface area (Å²) in [6, 6.07) is 3.46. The van der Waals surface area contributed by atoms with Crippen LogP contribution in [0.15, 0.2) is 16.6 Å². The lowest BCUT2D eigenvalue weighted by Gasteiger charge is -2.13. The van der Waals surface area contributed by atoms with Crippen molar-refractivity contribution < 1.29 is 19.0 Å². The van der Waals surface area contributed by atoms with Gasteiger partial charge in [-0.05, 0) is 34.5 Å². The van der Waals surface area contributed by atoms with Crippen LogP contribution in [0.2, 0.25) is 0 Å². The Bertz CT molecular complexity index is 453. The largest absolute Gasteiger partial charge is 0.493 e. The third-order valence-electron chi connectivity index (χ3n) is 3.04. The van der Waals surface area contributed by atoms with E-state index in [-0.39, 0.29) is 11.7 Å². The van der Waals surface area contributed by atoms with Gasteiger partial charge in [-0.3, -0.25) is 4.79 Å². The van der Waals surface area contributed by atoms with Crippen LogP contribution in [0.25, 0.3) is 0 Å². The zero-order valence-electron chi connectivity index (χ0n) is 10.4. The van der Waals surface area contributed by atoms with Crippen molar-refractivity contribution in [3.63, 3.8) is 0 Å². The van der Waals surface area contributed by atoms with Gasteiger partial charge in [0.05, 0.1) is 20.8 Å². The van der Waals surface area contributed by atoms with E-state index in [0.717, 1.165) is 10.9 Å². The molecule has 0 N–H and O–H groups in total. The van der Waals surface area contributed by atoms with Crippen molar-refractivity contribution in [3.05, 3.63) is 22.2 Å². The van der Waals surface area contributed by atoms with Crippen LogP contribution in [0.4, 0.5) is 0 Å². The predicted molar refractivity (Wildman–Crippen MR) is 70.5 cm³/mol. The summed E-state index contributed by atoms with van der Waals surface area (Å²) in [5.74, 6) is 1.19. The Kier molecular flexibility index (Phi) is 4.24. The summed E-state index contributed by atoms with van der Waals surface area (Å²) in [4.78, 5) is 12.3. The van der Waals surface area contributed by atoms with Gasteiger partial charge in [0.15, 0.2) is 17.3 Å².